The van der Waals surface area contributed by atoms with Crippen molar-refractivity contribution in [1.82, 2.24) is 4.90 Å². The minimum atomic E-state index is 0.150. The molecular weight excluding hydrogens is 306 g/mol. The molecule has 1 aromatic carbocycles. The second kappa shape index (κ2) is 9.14. The monoisotopic (exact) mass is 333 g/mol. The summed E-state index contributed by atoms with van der Waals surface area (Å²) in [6, 6.07) is 8.00. The number of ether oxygens (including phenoxy) is 1. The lowest BCUT2D eigenvalue weighted by Crippen LogP contribution is -2.39. The molecule has 1 aliphatic rings. The van der Waals surface area contributed by atoms with Gasteiger partial charge in [0, 0.05) is 35.4 Å². The van der Waals surface area contributed by atoms with Crippen molar-refractivity contribution in [3.05, 3.63) is 42.5 Å². The van der Waals surface area contributed by atoms with Crippen LogP contribution >= 0.6 is 11.8 Å². The molecule has 0 atom stereocenters. The molecule has 1 saturated heterocycles. The van der Waals surface area contributed by atoms with Crippen LogP contribution in [0.5, 0.6) is 0 Å². The van der Waals surface area contributed by atoms with E-state index in [9.17, 15) is 4.79 Å². The molecule has 0 N–H and O–H groups in total. The topological polar surface area (TPSA) is 29.5 Å². The third-order valence-electron chi connectivity index (χ3n) is 3.96. The molecule has 0 saturated carbocycles. The molecule has 1 aliphatic heterocycles. The Morgan fingerprint density at radius 2 is 2.00 bits per heavy atom. The fourth-order valence-corrected chi connectivity index (χ4v) is 3.59. The van der Waals surface area contributed by atoms with Gasteiger partial charge in [-0.1, -0.05) is 19.9 Å². The highest BCUT2D eigenvalue weighted by Gasteiger charge is 2.23. The predicted molar refractivity (Wildman–Crippen MR) is 97.1 cm³/mol. The molecule has 0 bridgehead atoms. The Balaban J connectivity index is 1.83. The number of nitrogens with zero attached hydrogens (tertiary/aromatic N) is 1. The molecule has 0 spiro atoms. The van der Waals surface area contributed by atoms with Crippen molar-refractivity contribution >= 4 is 17.7 Å². The normalized spacial score (nSPS) is 15.9. The SMILES string of the molecule is C=CCOCC1CCN(C(=O)c2ccc(SC(C)C)cc2)CC1. The Morgan fingerprint density at radius 3 is 2.57 bits per heavy atom. The van der Waals surface area contributed by atoms with Gasteiger partial charge in [0.05, 0.1) is 6.61 Å². The van der Waals surface area contributed by atoms with Gasteiger partial charge in [0.15, 0.2) is 0 Å². The Kier molecular flexibility index (Phi) is 7.18. The summed E-state index contributed by atoms with van der Waals surface area (Å²) in [5.74, 6) is 0.709. The molecule has 1 aromatic rings. The zero-order valence-electron chi connectivity index (χ0n) is 14.2. The molecule has 4 heteroatoms. The van der Waals surface area contributed by atoms with E-state index in [1.807, 2.05) is 40.9 Å². The summed E-state index contributed by atoms with van der Waals surface area (Å²) in [5, 5.41) is 0.555. The number of piperidine rings is 1. The highest BCUT2D eigenvalue weighted by atomic mass is 32.2. The average Bonchev–Trinajstić information content (AvgIpc) is 2.55. The number of hydrogen-bond donors (Lipinski definition) is 0. The maximum Gasteiger partial charge on any atom is 0.253 e. The highest BCUT2D eigenvalue weighted by Crippen LogP contribution is 2.24. The van der Waals surface area contributed by atoms with Crippen LogP contribution in [-0.2, 0) is 4.74 Å². The maximum absolute atomic E-state index is 12.6. The summed E-state index contributed by atoms with van der Waals surface area (Å²) in [6.07, 6.45) is 3.81. The predicted octanol–water partition coefficient (Wildman–Crippen LogP) is 4.24. The standard InChI is InChI=1S/C19H27NO2S/c1-4-13-22-14-16-9-11-20(12-10-16)19(21)17-5-7-18(8-6-17)23-15(2)3/h4-8,15-16H,1,9-14H2,2-3H3. The summed E-state index contributed by atoms with van der Waals surface area (Å²) in [4.78, 5) is 15.8. The largest absolute Gasteiger partial charge is 0.377 e. The minimum Gasteiger partial charge on any atom is -0.377 e. The number of amides is 1. The van der Waals surface area contributed by atoms with Gasteiger partial charge in [0.2, 0.25) is 0 Å². The summed E-state index contributed by atoms with van der Waals surface area (Å²) in [6.45, 7) is 11.0. The van der Waals surface area contributed by atoms with Gasteiger partial charge in [-0.2, -0.15) is 0 Å². The lowest BCUT2D eigenvalue weighted by atomic mass is 9.97. The van der Waals surface area contributed by atoms with E-state index in [1.165, 1.54) is 4.90 Å². The van der Waals surface area contributed by atoms with Crippen LogP contribution in [0.2, 0.25) is 0 Å². The van der Waals surface area contributed by atoms with Gasteiger partial charge in [-0.3, -0.25) is 4.79 Å². The van der Waals surface area contributed by atoms with Crippen LogP contribution in [0.15, 0.2) is 41.8 Å². The summed E-state index contributed by atoms with van der Waals surface area (Å²) in [7, 11) is 0. The summed E-state index contributed by atoms with van der Waals surface area (Å²) < 4.78 is 5.52. The number of carbonyl (C=O) groups excluding carboxylic acids is 1. The smallest absolute Gasteiger partial charge is 0.253 e. The molecule has 1 amide bonds. The molecule has 1 heterocycles. The fourth-order valence-electron chi connectivity index (χ4n) is 2.75. The molecule has 0 radical (unpaired) electrons. The Bertz CT molecular complexity index is 505. The van der Waals surface area contributed by atoms with Crippen LogP contribution in [0.25, 0.3) is 0 Å². The number of thioether (sulfide) groups is 1. The molecule has 126 valence electrons. The first-order valence-corrected chi connectivity index (χ1v) is 9.22. The first-order chi connectivity index (χ1) is 11.1. The molecule has 3 nitrogen and oxygen atoms in total. The van der Waals surface area contributed by atoms with E-state index in [4.69, 9.17) is 4.74 Å². The second-order valence-corrected chi connectivity index (χ2v) is 7.90. The Hall–Kier alpha value is -1.26. The Labute approximate surface area is 144 Å². The van der Waals surface area contributed by atoms with E-state index >= 15 is 0 Å². The lowest BCUT2D eigenvalue weighted by molar-refractivity contribution is 0.0575. The lowest BCUT2D eigenvalue weighted by Gasteiger charge is -2.32. The van der Waals surface area contributed by atoms with Crippen molar-refractivity contribution in [3.8, 4) is 0 Å². The van der Waals surface area contributed by atoms with Crippen molar-refractivity contribution in [1.29, 1.82) is 0 Å². The van der Waals surface area contributed by atoms with Gasteiger partial charge in [-0.05, 0) is 43.0 Å². The second-order valence-electron chi connectivity index (χ2n) is 6.25. The number of hydrogen-bond acceptors (Lipinski definition) is 3. The van der Waals surface area contributed by atoms with Crippen LogP contribution in [0.4, 0.5) is 0 Å². The van der Waals surface area contributed by atoms with Gasteiger partial charge >= 0.3 is 0 Å². The number of rotatable bonds is 7. The number of carbonyl (C=O) groups is 1. The first kappa shape index (κ1) is 18.1. The van der Waals surface area contributed by atoms with Crippen LogP contribution in [-0.4, -0.2) is 42.4 Å². The van der Waals surface area contributed by atoms with Gasteiger partial charge in [-0.25, -0.2) is 0 Å². The number of benzene rings is 1. The van der Waals surface area contributed by atoms with Gasteiger partial charge < -0.3 is 9.64 Å². The zero-order valence-corrected chi connectivity index (χ0v) is 15.0. The van der Waals surface area contributed by atoms with Crippen LogP contribution in [0, 0.1) is 5.92 Å². The summed E-state index contributed by atoms with van der Waals surface area (Å²) in [5.41, 5.74) is 0.791. The molecule has 23 heavy (non-hydrogen) atoms. The quantitative estimate of drug-likeness (QED) is 0.424. The van der Waals surface area contributed by atoms with Crippen molar-refractivity contribution < 1.29 is 9.53 Å². The highest BCUT2D eigenvalue weighted by molar-refractivity contribution is 7.99. The summed E-state index contributed by atoms with van der Waals surface area (Å²) >= 11 is 1.82. The van der Waals surface area contributed by atoms with Crippen LogP contribution < -0.4 is 0 Å². The molecule has 2 rings (SSSR count). The van der Waals surface area contributed by atoms with Crippen molar-refractivity contribution in [2.75, 3.05) is 26.3 Å². The van der Waals surface area contributed by atoms with E-state index in [1.54, 1.807) is 6.08 Å². The third kappa shape index (κ3) is 5.70. The van der Waals surface area contributed by atoms with Crippen molar-refractivity contribution in [2.24, 2.45) is 5.92 Å². The van der Waals surface area contributed by atoms with E-state index in [-0.39, 0.29) is 5.91 Å². The molecule has 0 aromatic heterocycles. The van der Waals surface area contributed by atoms with E-state index in [2.05, 4.69) is 20.4 Å². The van der Waals surface area contributed by atoms with Gasteiger partial charge in [-0.15, -0.1) is 18.3 Å². The van der Waals surface area contributed by atoms with Crippen molar-refractivity contribution in [2.45, 2.75) is 36.8 Å². The molecule has 0 unspecified atom stereocenters. The minimum absolute atomic E-state index is 0.150. The van der Waals surface area contributed by atoms with Crippen LogP contribution in [0.1, 0.15) is 37.0 Å². The Morgan fingerprint density at radius 1 is 1.35 bits per heavy atom. The molecular formula is C19H27NO2S. The first-order valence-electron chi connectivity index (χ1n) is 8.34. The van der Waals surface area contributed by atoms with E-state index in [0.29, 0.717) is 17.8 Å². The fraction of sp³-hybridized carbons (Fsp3) is 0.526. The maximum atomic E-state index is 12.6. The van der Waals surface area contributed by atoms with E-state index in [0.717, 1.165) is 38.1 Å². The molecule has 1 fully saturated rings. The van der Waals surface area contributed by atoms with Gasteiger partial charge in [0.1, 0.15) is 0 Å². The third-order valence-corrected chi connectivity index (χ3v) is 4.98. The van der Waals surface area contributed by atoms with Gasteiger partial charge in [0.25, 0.3) is 5.91 Å². The molecule has 0 aliphatic carbocycles. The number of likely N-dealkylation sites (tertiary alicyclic amines) is 1. The van der Waals surface area contributed by atoms with E-state index < -0.39 is 0 Å². The van der Waals surface area contributed by atoms with Crippen molar-refractivity contribution in [3.63, 3.8) is 0 Å². The van der Waals surface area contributed by atoms with Crippen LogP contribution in [0.3, 0.4) is 0 Å². The zero-order chi connectivity index (χ0) is 16.7. The average molecular weight is 333 g/mol.